The molecule has 1 unspecified atom stereocenters. The van der Waals surface area contributed by atoms with Crippen LogP contribution in [0.3, 0.4) is 0 Å². The van der Waals surface area contributed by atoms with Crippen LogP contribution in [-0.2, 0) is 13.0 Å². The summed E-state index contributed by atoms with van der Waals surface area (Å²) in [6.07, 6.45) is 3.98. The maximum atomic E-state index is 12.9. The lowest BCUT2D eigenvalue weighted by atomic mass is 10.2. The molecule has 1 aliphatic heterocycles. The Morgan fingerprint density at radius 1 is 1.42 bits per heavy atom. The molecule has 0 fully saturated rings. The molecular weight excluding hydrogens is 326 g/mol. The van der Waals surface area contributed by atoms with Gasteiger partial charge in [-0.3, -0.25) is 14.2 Å². The molecule has 0 saturated heterocycles. The van der Waals surface area contributed by atoms with Crippen molar-refractivity contribution in [2.24, 2.45) is 5.92 Å². The zero-order valence-electron chi connectivity index (χ0n) is 14.1. The Balaban J connectivity index is 2.00. The minimum absolute atomic E-state index is 0.00319. The van der Waals surface area contributed by atoms with Gasteiger partial charge in [0.05, 0.1) is 10.3 Å². The number of hydrogen-bond donors (Lipinski definition) is 2. The van der Waals surface area contributed by atoms with E-state index in [0.717, 1.165) is 31.5 Å². The maximum Gasteiger partial charge on any atom is 0.262 e. The number of amides is 1. The van der Waals surface area contributed by atoms with E-state index < -0.39 is 0 Å². The van der Waals surface area contributed by atoms with Crippen molar-refractivity contribution in [1.29, 1.82) is 0 Å². The predicted molar refractivity (Wildman–Crippen MR) is 94.8 cm³/mol. The highest BCUT2D eigenvalue weighted by molar-refractivity contribution is 7.20. The van der Waals surface area contributed by atoms with Gasteiger partial charge in [-0.15, -0.1) is 11.3 Å². The van der Waals surface area contributed by atoms with Crippen molar-refractivity contribution in [2.75, 3.05) is 13.2 Å². The minimum Gasteiger partial charge on any atom is -0.396 e. The van der Waals surface area contributed by atoms with Crippen molar-refractivity contribution in [3.63, 3.8) is 0 Å². The standard InChI is InChI=1S/C17H23N3O3S/c1-10(9-21)8-18-15(22)14-11(2)13-16(24-14)19-12-6-4-3-5-7-20(12)17(13)23/h10,21H,3-9H2,1-2H3,(H,18,22). The molecule has 1 aliphatic rings. The summed E-state index contributed by atoms with van der Waals surface area (Å²) < 4.78 is 1.78. The molecule has 2 N–H and O–H groups in total. The molecule has 2 aromatic heterocycles. The van der Waals surface area contributed by atoms with Gasteiger partial charge in [0.15, 0.2) is 0 Å². The lowest BCUT2D eigenvalue weighted by Gasteiger charge is -2.09. The topological polar surface area (TPSA) is 84.2 Å². The number of carbonyl (C=O) groups excluding carboxylic acids is 1. The summed E-state index contributed by atoms with van der Waals surface area (Å²) in [5.74, 6) is 0.644. The lowest BCUT2D eigenvalue weighted by molar-refractivity contribution is 0.0946. The number of hydrogen-bond acceptors (Lipinski definition) is 5. The van der Waals surface area contributed by atoms with Gasteiger partial charge in [0.2, 0.25) is 0 Å². The fourth-order valence-electron chi connectivity index (χ4n) is 3.04. The predicted octanol–water partition coefficient (Wildman–Crippen LogP) is 1.85. The average Bonchev–Trinajstić information content (AvgIpc) is 2.74. The molecule has 1 atom stereocenters. The smallest absolute Gasteiger partial charge is 0.262 e. The van der Waals surface area contributed by atoms with Crippen LogP contribution in [-0.4, -0.2) is 33.7 Å². The Bertz CT molecular complexity index is 825. The van der Waals surface area contributed by atoms with Crippen LogP contribution in [0.1, 0.15) is 47.2 Å². The number of aromatic nitrogens is 2. The van der Waals surface area contributed by atoms with Gasteiger partial charge < -0.3 is 10.4 Å². The van der Waals surface area contributed by atoms with Crippen molar-refractivity contribution >= 4 is 27.5 Å². The molecule has 130 valence electrons. The van der Waals surface area contributed by atoms with Crippen LogP contribution in [0, 0.1) is 12.8 Å². The molecule has 2 aromatic rings. The minimum atomic E-state index is -0.199. The van der Waals surface area contributed by atoms with E-state index in [4.69, 9.17) is 5.11 Å². The first-order valence-electron chi connectivity index (χ1n) is 8.44. The summed E-state index contributed by atoms with van der Waals surface area (Å²) >= 11 is 1.29. The fourth-order valence-corrected chi connectivity index (χ4v) is 4.15. The number of aryl methyl sites for hydroxylation is 2. The van der Waals surface area contributed by atoms with Crippen molar-refractivity contribution < 1.29 is 9.90 Å². The van der Waals surface area contributed by atoms with Crippen molar-refractivity contribution in [3.05, 3.63) is 26.6 Å². The number of carbonyl (C=O) groups is 1. The van der Waals surface area contributed by atoms with Gasteiger partial charge in [-0.1, -0.05) is 13.3 Å². The van der Waals surface area contributed by atoms with E-state index in [9.17, 15) is 9.59 Å². The number of nitrogens with one attached hydrogen (secondary N) is 1. The molecule has 0 bridgehead atoms. The van der Waals surface area contributed by atoms with E-state index in [1.54, 1.807) is 4.57 Å². The Morgan fingerprint density at radius 3 is 2.96 bits per heavy atom. The number of fused-ring (bicyclic) bond motifs is 2. The quantitative estimate of drug-likeness (QED) is 0.882. The van der Waals surface area contributed by atoms with E-state index in [1.807, 2.05) is 13.8 Å². The summed E-state index contributed by atoms with van der Waals surface area (Å²) in [6, 6.07) is 0. The second-order valence-corrected chi connectivity index (χ2v) is 7.53. The summed E-state index contributed by atoms with van der Waals surface area (Å²) in [6.45, 7) is 4.83. The summed E-state index contributed by atoms with van der Waals surface area (Å²) in [4.78, 5) is 31.2. The molecule has 7 heteroatoms. The zero-order valence-corrected chi connectivity index (χ0v) is 14.9. The molecule has 3 heterocycles. The van der Waals surface area contributed by atoms with Crippen LogP contribution in [0.25, 0.3) is 10.2 Å². The summed E-state index contributed by atoms with van der Waals surface area (Å²) in [5.41, 5.74) is 0.689. The normalized spacial score (nSPS) is 15.8. The highest BCUT2D eigenvalue weighted by atomic mass is 32.1. The highest BCUT2D eigenvalue weighted by Gasteiger charge is 2.22. The Morgan fingerprint density at radius 2 is 2.21 bits per heavy atom. The van der Waals surface area contributed by atoms with Gasteiger partial charge in [-0.2, -0.15) is 0 Å². The van der Waals surface area contributed by atoms with Gasteiger partial charge in [0, 0.05) is 26.1 Å². The second-order valence-electron chi connectivity index (χ2n) is 6.53. The van der Waals surface area contributed by atoms with E-state index in [0.29, 0.717) is 33.7 Å². The number of rotatable bonds is 4. The Labute approximate surface area is 144 Å². The fraction of sp³-hybridized carbons (Fsp3) is 0.588. The van der Waals surface area contributed by atoms with Crippen LogP contribution in [0.5, 0.6) is 0 Å². The summed E-state index contributed by atoms with van der Waals surface area (Å²) in [5, 5.41) is 12.5. The molecule has 6 nitrogen and oxygen atoms in total. The second kappa shape index (κ2) is 7.03. The third kappa shape index (κ3) is 3.10. The van der Waals surface area contributed by atoms with Crippen molar-refractivity contribution in [3.8, 4) is 0 Å². The Hall–Kier alpha value is -1.73. The van der Waals surface area contributed by atoms with Gasteiger partial charge in [-0.05, 0) is 31.2 Å². The monoisotopic (exact) mass is 349 g/mol. The van der Waals surface area contributed by atoms with Gasteiger partial charge in [-0.25, -0.2) is 4.98 Å². The lowest BCUT2D eigenvalue weighted by Crippen LogP contribution is -2.29. The van der Waals surface area contributed by atoms with E-state index >= 15 is 0 Å². The van der Waals surface area contributed by atoms with Gasteiger partial charge >= 0.3 is 0 Å². The van der Waals surface area contributed by atoms with E-state index in [2.05, 4.69) is 10.3 Å². The largest absolute Gasteiger partial charge is 0.396 e. The first kappa shape index (κ1) is 17.1. The molecule has 0 aliphatic carbocycles. The van der Waals surface area contributed by atoms with Crippen LogP contribution in [0.15, 0.2) is 4.79 Å². The van der Waals surface area contributed by atoms with Crippen LogP contribution < -0.4 is 10.9 Å². The molecule has 24 heavy (non-hydrogen) atoms. The van der Waals surface area contributed by atoms with Gasteiger partial charge in [0.1, 0.15) is 10.7 Å². The van der Waals surface area contributed by atoms with Crippen LogP contribution in [0.2, 0.25) is 0 Å². The van der Waals surface area contributed by atoms with E-state index in [1.165, 1.54) is 11.3 Å². The zero-order chi connectivity index (χ0) is 17.3. The van der Waals surface area contributed by atoms with Gasteiger partial charge in [0.25, 0.3) is 11.5 Å². The first-order chi connectivity index (χ1) is 11.5. The molecule has 0 radical (unpaired) electrons. The maximum absolute atomic E-state index is 12.9. The van der Waals surface area contributed by atoms with Crippen molar-refractivity contribution in [1.82, 2.24) is 14.9 Å². The SMILES string of the molecule is Cc1c(C(=O)NCC(C)CO)sc2nc3n(c(=O)c12)CCCCC3. The average molecular weight is 349 g/mol. The van der Waals surface area contributed by atoms with Crippen LogP contribution >= 0.6 is 11.3 Å². The number of aliphatic hydroxyl groups is 1. The molecule has 0 aromatic carbocycles. The molecular formula is C17H23N3O3S. The number of aliphatic hydroxyl groups excluding tert-OH is 1. The molecule has 1 amide bonds. The van der Waals surface area contributed by atoms with Crippen molar-refractivity contribution in [2.45, 2.75) is 46.1 Å². The highest BCUT2D eigenvalue weighted by Crippen LogP contribution is 2.28. The van der Waals surface area contributed by atoms with E-state index in [-0.39, 0.29) is 24.0 Å². The third-order valence-electron chi connectivity index (χ3n) is 4.54. The summed E-state index contributed by atoms with van der Waals surface area (Å²) in [7, 11) is 0. The Kier molecular flexibility index (Phi) is 5.01. The number of nitrogens with zero attached hydrogens (tertiary/aromatic N) is 2. The molecule has 0 spiro atoms. The number of thiophene rings is 1. The molecule has 3 rings (SSSR count). The molecule has 0 saturated carbocycles. The van der Waals surface area contributed by atoms with Crippen LogP contribution in [0.4, 0.5) is 0 Å². The third-order valence-corrected chi connectivity index (χ3v) is 5.72. The first-order valence-corrected chi connectivity index (χ1v) is 9.26.